The van der Waals surface area contributed by atoms with E-state index in [9.17, 15) is 5.11 Å². The molecule has 2 nitrogen and oxygen atoms in total. The molecule has 1 rings (SSSR count). The summed E-state index contributed by atoms with van der Waals surface area (Å²) in [5.74, 6) is 0. The molecule has 0 radical (unpaired) electrons. The van der Waals surface area contributed by atoms with Gasteiger partial charge in [0.15, 0.2) is 0 Å². The first-order valence-corrected chi connectivity index (χ1v) is 5.70. The van der Waals surface area contributed by atoms with E-state index < -0.39 is 0 Å². The summed E-state index contributed by atoms with van der Waals surface area (Å²) in [6.45, 7) is 7.02. The van der Waals surface area contributed by atoms with Crippen molar-refractivity contribution >= 4 is 0 Å². The monoisotopic (exact) mass is 210 g/mol. The number of rotatable bonds is 4. The Hall–Kier alpha value is -0.600. The van der Waals surface area contributed by atoms with Gasteiger partial charge in [-0.15, -0.1) is 0 Å². The van der Waals surface area contributed by atoms with Crippen LogP contribution in [0.15, 0.2) is 23.3 Å². The molecule has 15 heavy (non-hydrogen) atoms. The first kappa shape index (κ1) is 12.5. The van der Waals surface area contributed by atoms with Crippen LogP contribution in [0.5, 0.6) is 0 Å². The lowest BCUT2D eigenvalue weighted by Crippen LogP contribution is -2.18. The van der Waals surface area contributed by atoms with Gasteiger partial charge in [-0.1, -0.05) is 23.3 Å². The van der Waals surface area contributed by atoms with Gasteiger partial charge in [0.25, 0.3) is 0 Å². The second-order valence-corrected chi connectivity index (χ2v) is 4.52. The van der Waals surface area contributed by atoms with Crippen molar-refractivity contribution in [1.82, 2.24) is 0 Å². The number of hydrogen-bond donors (Lipinski definition) is 1. The molecule has 2 atom stereocenters. The molecule has 1 saturated heterocycles. The number of aliphatic hydroxyl groups is 1. The van der Waals surface area contributed by atoms with Gasteiger partial charge in [0, 0.05) is 0 Å². The maximum atomic E-state index is 9.57. The molecule has 1 heterocycles. The number of aliphatic hydroxyl groups excluding tert-OH is 1. The van der Waals surface area contributed by atoms with Crippen molar-refractivity contribution in [2.24, 2.45) is 0 Å². The molecule has 0 bridgehead atoms. The lowest BCUT2D eigenvalue weighted by Gasteiger charge is -2.10. The topological polar surface area (TPSA) is 29.5 Å². The van der Waals surface area contributed by atoms with Crippen LogP contribution in [0.1, 0.15) is 40.0 Å². The lowest BCUT2D eigenvalue weighted by molar-refractivity contribution is 0.0742. The van der Waals surface area contributed by atoms with E-state index in [0.717, 1.165) is 19.3 Å². The molecule has 0 spiro atoms. The number of allylic oxidation sites excluding steroid dienone is 3. The summed E-state index contributed by atoms with van der Waals surface area (Å²) in [5.41, 5.74) is 2.67. The van der Waals surface area contributed by atoms with E-state index in [1.807, 2.05) is 0 Å². The van der Waals surface area contributed by atoms with Crippen LogP contribution in [-0.2, 0) is 4.74 Å². The third kappa shape index (κ3) is 4.63. The summed E-state index contributed by atoms with van der Waals surface area (Å²) in [7, 11) is 0. The van der Waals surface area contributed by atoms with Crippen molar-refractivity contribution < 1.29 is 9.84 Å². The molecule has 1 aliphatic rings. The van der Waals surface area contributed by atoms with E-state index in [1.165, 1.54) is 11.1 Å². The second kappa shape index (κ2) is 6.09. The van der Waals surface area contributed by atoms with Gasteiger partial charge in [-0.05, 0) is 40.0 Å². The molecule has 1 N–H and O–H groups in total. The Morgan fingerprint density at radius 1 is 1.40 bits per heavy atom. The summed E-state index contributed by atoms with van der Waals surface area (Å²) in [5, 5.41) is 9.57. The Balaban J connectivity index is 2.35. The molecule has 0 amide bonds. The molecular weight excluding hydrogens is 188 g/mol. The van der Waals surface area contributed by atoms with E-state index in [-0.39, 0.29) is 12.2 Å². The smallest absolute Gasteiger partial charge is 0.102 e. The molecule has 0 aliphatic carbocycles. The molecule has 0 aromatic heterocycles. The minimum atomic E-state index is -0.302. The van der Waals surface area contributed by atoms with Crippen molar-refractivity contribution in [3.63, 3.8) is 0 Å². The van der Waals surface area contributed by atoms with E-state index in [4.69, 9.17) is 4.74 Å². The quantitative estimate of drug-likeness (QED) is 0.723. The molecular formula is C13H22O2. The summed E-state index contributed by atoms with van der Waals surface area (Å²) >= 11 is 0. The molecule has 1 aliphatic heterocycles. The van der Waals surface area contributed by atoms with Gasteiger partial charge in [-0.3, -0.25) is 0 Å². The van der Waals surface area contributed by atoms with Crippen LogP contribution in [0.25, 0.3) is 0 Å². The summed E-state index contributed by atoms with van der Waals surface area (Å²) in [6, 6.07) is 0. The van der Waals surface area contributed by atoms with Gasteiger partial charge in [0.05, 0.1) is 12.7 Å². The Bertz CT molecular complexity index is 249. The summed E-state index contributed by atoms with van der Waals surface area (Å²) in [6.07, 6.45) is 6.83. The van der Waals surface area contributed by atoms with Crippen LogP contribution in [0.4, 0.5) is 0 Å². The fraction of sp³-hybridized carbons (Fsp3) is 0.692. The van der Waals surface area contributed by atoms with Gasteiger partial charge >= 0.3 is 0 Å². The van der Waals surface area contributed by atoms with Crippen LogP contribution in [0.2, 0.25) is 0 Å². The van der Waals surface area contributed by atoms with Crippen LogP contribution in [0, 0.1) is 0 Å². The second-order valence-electron chi connectivity index (χ2n) is 4.52. The van der Waals surface area contributed by atoms with Crippen LogP contribution < -0.4 is 0 Å². The molecule has 2 heteroatoms. The SMILES string of the molecule is CC(C)=CCC/C(C)=C/[C@H]1OCC[C@@H]1O. The zero-order valence-corrected chi connectivity index (χ0v) is 9.99. The summed E-state index contributed by atoms with van der Waals surface area (Å²) in [4.78, 5) is 0. The fourth-order valence-corrected chi connectivity index (χ4v) is 1.71. The fourth-order valence-electron chi connectivity index (χ4n) is 1.71. The minimum Gasteiger partial charge on any atom is -0.390 e. The normalized spacial score (nSPS) is 26.8. The zero-order valence-electron chi connectivity index (χ0n) is 9.99. The van der Waals surface area contributed by atoms with Crippen molar-refractivity contribution in [3.8, 4) is 0 Å². The first-order valence-electron chi connectivity index (χ1n) is 5.70. The highest BCUT2D eigenvalue weighted by atomic mass is 16.5. The van der Waals surface area contributed by atoms with Gasteiger partial charge < -0.3 is 9.84 Å². The zero-order chi connectivity index (χ0) is 11.3. The van der Waals surface area contributed by atoms with E-state index in [0.29, 0.717) is 6.61 Å². The Kier molecular flexibility index (Phi) is 5.06. The van der Waals surface area contributed by atoms with Gasteiger partial charge in [-0.25, -0.2) is 0 Å². The van der Waals surface area contributed by atoms with E-state index >= 15 is 0 Å². The Morgan fingerprint density at radius 2 is 2.13 bits per heavy atom. The molecule has 0 aromatic carbocycles. The van der Waals surface area contributed by atoms with Crippen LogP contribution >= 0.6 is 0 Å². The van der Waals surface area contributed by atoms with Crippen molar-refractivity contribution in [1.29, 1.82) is 0 Å². The maximum Gasteiger partial charge on any atom is 0.102 e. The third-order valence-electron chi connectivity index (χ3n) is 2.64. The average molecular weight is 210 g/mol. The van der Waals surface area contributed by atoms with Crippen LogP contribution in [-0.4, -0.2) is 23.9 Å². The molecule has 0 saturated carbocycles. The maximum absolute atomic E-state index is 9.57. The minimum absolute atomic E-state index is 0.0725. The standard InChI is InChI=1S/C13H22O2/c1-10(2)5-4-6-11(3)9-13-12(14)7-8-15-13/h5,9,12-14H,4,6-8H2,1-3H3/b11-9+/t12-,13+/m0/s1. The van der Waals surface area contributed by atoms with Crippen molar-refractivity contribution in [3.05, 3.63) is 23.3 Å². The Morgan fingerprint density at radius 3 is 2.67 bits per heavy atom. The van der Waals surface area contributed by atoms with Crippen molar-refractivity contribution in [2.45, 2.75) is 52.2 Å². The van der Waals surface area contributed by atoms with Gasteiger partial charge in [0.1, 0.15) is 6.10 Å². The molecule has 1 fully saturated rings. The highest BCUT2D eigenvalue weighted by molar-refractivity contribution is 5.07. The van der Waals surface area contributed by atoms with Gasteiger partial charge in [-0.2, -0.15) is 0 Å². The number of hydrogen-bond acceptors (Lipinski definition) is 2. The predicted molar refractivity (Wildman–Crippen MR) is 62.8 cm³/mol. The van der Waals surface area contributed by atoms with E-state index in [2.05, 4.69) is 32.9 Å². The predicted octanol–water partition coefficient (Wildman–Crippen LogP) is 2.83. The van der Waals surface area contributed by atoms with Crippen molar-refractivity contribution in [2.75, 3.05) is 6.61 Å². The third-order valence-corrected chi connectivity index (χ3v) is 2.64. The first-order chi connectivity index (χ1) is 7.09. The summed E-state index contributed by atoms with van der Waals surface area (Å²) < 4.78 is 5.42. The lowest BCUT2D eigenvalue weighted by atomic mass is 10.1. The van der Waals surface area contributed by atoms with E-state index in [1.54, 1.807) is 0 Å². The highest BCUT2D eigenvalue weighted by Crippen LogP contribution is 2.17. The van der Waals surface area contributed by atoms with Crippen LogP contribution in [0.3, 0.4) is 0 Å². The van der Waals surface area contributed by atoms with Gasteiger partial charge in [0.2, 0.25) is 0 Å². The molecule has 0 unspecified atom stereocenters. The highest BCUT2D eigenvalue weighted by Gasteiger charge is 2.23. The average Bonchev–Trinajstić information content (AvgIpc) is 2.51. The number of ether oxygens (including phenoxy) is 1. The molecule has 86 valence electrons. The molecule has 0 aromatic rings. The Labute approximate surface area is 92.6 Å². The largest absolute Gasteiger partial charge is 0.390 e.